The number of carbonyl (C=O) groups is 2. The zero-order valence-corrected chi connectivity index (χ0v) is 18.0. The second-order valence-electron chi connectivity index (χ2n) is 6.19. The first-order valence-corrected chi connectivity index (χ1v) is 9.68. The smallest absolute Gasteiger partial charge is 0.335 e. The Hall–Kier alpha value is -2.80. The molecular weight excluding hydrogens is 427 g/mol. The van der Waals surface area contributed by atoms with Gasteiger partial charge in [0, 0.05) is 16.8 Å². The average Bonchev–Trinajstić information content (AvgIpc) is 2.72. The topological polar surface area (TPSA) is 116 Å². The minimum atomic E-state index is -0.875. The number of hydrogen-bond donors (Lipinski definition) is 3. The summed E-state index contributed by atoms with van der Waals surface area (Å²) >= 11 is 11.5. The number of amides is 1. The minimum Gasteiger partial charge on any atom is -0.478 e. The van der Waals surface area contributed by atoms with Crippen molar-refractivity contribution in [2.75, 3.05) is 13.2 Å². The van der Waals surface area contributed by atoms with E-state index in [4.69, 9.17) is 44.5 Å². The lowest BCUT2D eigenvalue weighted by Crippen LogP contribution is -2.18. The van der Waals surface area contributed by atoms with Crippen LogP contribution in [-0.4, -0.2) is 30.2 Å². The molecule has 2 rings (SSSR count). The molecular formula is C22H24Cl2N2O4. The number of allylic oxidation sites excluding steroid dienone is 2. The molecule has 0 aliphatic rings. The highest BCUT2D eigenvalue weighted by Gasteiger charge is 2.06. The van der Waals surface area contributed by atoms with Crippen LogP contribution in [0.25, 0.3) is 0 Å². The Bertz CT molecular complexity index is 892. The second-order valence-corrected chi connectivity index (χ2v) is 7.06. The normalized spacial score (nSPS) is 11.4. The van der Waals surface area contributed by atoms with Gasteiger partial charge in [-0.1, -0.05) is 53.0 Å². The third-order valence-corrected chi connectivity index (χ3v) is 4.28. The van der Waals surface area contributed by atoms with Gasteiger partial charge in [-0.05, 0) is 49.2 Å². The van der Waals surface area contributed by atoms with Crippen LogP contribution in [0.2, 0.25) is 5.02 Å². The minimum absolute atomic E-state index is 0.0903. The van der Waals surface area contributed by atoms with Crippen molar-refractivity contribution < 1.29 is 19.4 Å². The number of carboxylic acid groups (broad SMARTS) is 1. The van der Waals surface area contributed by atoms with E-state index in [0.29, 0.717) is 23.6 Å². The molecule has 8 heteroatoms. The van der Waals surface area contributed by atoms with Crippen molar-refractivity contribution >= 4 is 35.1 Å². The summed E-state index contributed by atoms with van der Waals surface area (Å²) in [5.41, 5.74) is 13.2. The number of carbonyl (C=O) groups excluding carboxylic acids is 1. The summed E-state index contributed by atoms with van der Waals surface area (Å²) in [7, 11) is 0. The Labute approximate surface area is 185 Å². The molecule has 0 atom stereocenters. The molecule has 30 heavy (non-hydrogen) atoms. The van der Waals surface area contributed by atoms with Crippen molar-refractivity contribution in [3.05, 3.63) is 93.1 Å². The zero-order chi connectivity index (χ0) is 22.5. The zero-order valence-electron chi connectivity index (χ0n) is 16.5. The lowest BCUT2D eigenvalue weighted by molar-refractivity contribution is -0.115. The molecule has 0 bridgehead atoms. The van der Waals surface area contributed by atoms with Crippen molar-refractivity contribution in [3.8, 4) is 0 Å². The number of aryl methyl sites for hydroxylation is 1. The highest BCUT2D eigenvalue weighted by molar-refractivity contribution is 6.31. The second kappa shape index (κ2) is 13.4. The average molecular weight is 451 g/mol. The van der Waals surface area contributed by atoms with Crippen molar-refractivity contribution in [2.45, 2.75) is 13.3 Å². The van der Waals surface area contributed by atoms with Crippen molar-refractivity contribution in [1.29, 1.82) is 0 Å². The van der Waals surface area contributed by atoms with Crippen LogP contribution in [0.15, 0.2) is 71.4 Å². The molecule has 0 saturated carbocycles. The van der Waals surface area contributed by atoms with Gasteiger partial charge in [-0.3, -0.25) is 4.79 Å². The van der Waals surface area contributed by atoms with Gasteiger partial charge in [0.05, 0.1) is 23.8 Å². The van der Waals surface area contributed by atoms with E-state index >= 15 is 0 Å². The standard InChI is InChI=1S/C14H16Cl2N2O2.C8H8O2/c15-12-3-1-10(2-4-12)5-6-20-9-11(14(18)19)7-13(16)8-17;1-6-2-4-7(5-3-6)8(9)10/h1-4,7-8H,5-6,9,17H2,(H2,18,19);2-5H,1H3,(H,9,10)/b11-7+,13-8+;. The van der Waals surface area contributed by atoms with Gasteiger partial charge in [0.1, 0.15) is 0 Å². The number of aromatic carboxylic acids is 1. The van der Waals surface area contributed by atoms with E-state index in [0.717, 1.165) is 11.1 Å². The van der Waals surface area contributed by atoms with E-state index in [2.05, 4.69) is 0 Å². The van der Waals surface area contributed by atoms with Crippen LogP contribution >= 0.6 is 23.2 Å². The Kier molecular flexibility index (Phi) is 11.3. The predicted molar refractivity (Wildman–Crippen MR) is 120 cm³/mol. The van der Waals surface area contributed by atoms with Gasteiger partial charge in [-0.25, -0.2) is 4.79 Å². The van der Waals surface area contributed by atoms with Crippen LogP contribution in [0.3, 0.4) is 0 Å². The molecule has 1 amide bonds. The van der Waals surface area contributed by atoms with E-state index < -0.39 is 11.9 Å². The number of ether oxygens (including phenoxy) is 1. The summed E-state index contributed by atoms with van der Waals surface area (Å²) in [6, 6.07) is 14.2. The molecule has 0 heterocycles. The van der Waals surface area contributed by atoms with Crippen molar-refractivity contribution in [2.24, 2.45) is 11.5 Å². The molecule has 0 fully saturated rings. The summed E-state index contributed by atoms with van der Waals surface area (Å²) in [5, 5.41) is 9.40. The fraction of sp³-hybridized carbons (Fsp3) is 0.182. The van der Waals surface area contributed by atoms with E-state index in [1.165, 1.54) is 12.3 Å². The van der Waals surface area contributed by atoms with Gasteiger partial charge in [0.2, 0.25) is 5.91 Å². The molecule has 0 saturated heterocycles. The van der Waals surface area contributed by atoms with Crippen LogP contribution in [-0.2, 0) is 16.0 Å². The number of primary amides is 1. The molecule has 2 aromatic carbocycles. The predicted octanol–water partition coefficient (Wildman–Crippen LogP) is 4.04. The molecule has 5 N–H and O–H groups in total. The molecule has 0 aliphatic carbocycles. The quantitative estimate of drug-likeness (QED) is 0.318. The van der Waals surface area contributed by atoms with Crippen LogP contribution in [0.4, 0.5) is 0 Å². The first-order valence-electron chi connectivity index (χ1n) is 8.93. The van der Waals surface area contributed by atoms with Gasteiger partial charge in [0.15, 0.2) is 0 Å². The SMILES string of the molecule is Cc1ccc(C(=O)O)cc1.N/C=C(Cl)\C=C(/COCCc1ccc(Cl)cc1)C(N)=O. The molecule has 0 aliphatic heterocycles. The summed E-state index contributed by atoms with van der Waals surface area (Å²) in [6.07, 6.45) is 3.29. The molecule has 0 radical (unpaired) electrons. The van der Waals surface area contributed by atoms with Gasteiger partial charge < -0.3 is 21.3 Å². The molecule has 0 spiro atoms. The maximum atomic E-state index is 11.2. The van der Waals surface area contributed by atoms with Gasteiger partial charge in [-0.15, -0.1) is 0 Å². The maximum Gasteiger partial charge on any atom is 0.335 e. The van der Waals surface area contributed by atoms with E-state index in [1.54, 1.807) is 24.3 Å². The summed E-state index contributed by atoms with van der Waals surface area (Å²) < 4.78 is 5.41. The van der Waals surface area contributed by atoms with E-state index in [-0.39, 0.29) is 17.2 Å². The third kappa shape index (κ3) is 10.1. The largest absolute Gasteiger partial charge is 0.478 e. The van der Waals surface area contributed by atoms with E-state index in [1.807, 2.05) is 31.2 Å². The number of halogens is 2. The lowest BCUT2D eigenvalue weighted by atomic mass is 10.2. The Morgan fingerprint density at radius 1 is 1.10 bits per heavy atom. The molecule has 0 unspecified atom stereocenters. The highest BCUT2D eigenvalue weighted by Crippen LogP contribution is 2.10. The lowest BCUT2D eigenvalue weighted by Gasteiger charge is -2.06. The fourth-order valence-electron chi connectivity index (χ4n) is 2.12. The fourth-order valence-corrected chi connectivity index (χ4v) is 2.38. The van der Waals surface area contributed by atoms with Crippen molar-refractivity contribution in [1.82, 2.24) is 0 Å². The number of carboxylic acids is 1. The molecule has 0 aromatic heterocycles. The summed E-state index contributed by atoms with van der Waals surface area (Å²) in [6.45, 7) is 2.47. The van der Waals surface area contributed by atoms with Gasteiger partial charge >= 0.3 is 5.97 Å². The van der Waals surface area contributed by atoms with Gasteiger partial charge in [0.25, 0.3) is 0 Å². The first kappa shape index (κ1) is 25.2. The summed E-state index contributed by atoms with van der Waals surface area (Å²) in [4.78, 5) is 21.5. The number of nitrogens with two attached hydrogens (primary N) is 2. The Morgan fingerprint density at radius 2 is 1.70 bits per heavy atom. The number of hydrogen-bond acceptors (Lipinski definition) is 4. The number of rotatable bonds is 8. The van der Waals surface area contributed by atoms with Crippen molar-refractivity contribution in [3.63, 3.8) is 0 Å². The summed E-state index contributed by atoms with van der Waals surface area (Å²) in [5.74, 6) is -1.46. The number of benzene rings is 2. The molecule has 6 nitrogen and oxygen atoms in total. The maximum absolute atomic E-state index is 11.2. The Morgan fingerprint density at radius 3 is 2.20 bits per heavy atom. The first-order chi connectivity index (χ1) is 14.2. The van der Waals surface area contributed by atoms with Crippen LogP contribution in [0, 0.1) is 6.92 Å². The highest BCUT2D eigenvalue weighted by atomic mass is 35.5. The van der Waals surface area contributed by atoms with Crippen LogP contribution < -0.4 is 11.5 Å². The van der Waals surface area contributed by atoms with Crippen LogP contribution in [0.1, 0.15) is 21.5 Å². The van der Waals surface area contributed by atoms with Crippen LogP contribution in [0.5, 0.6) is 0 Å². The van der Waals surface area contributed by atoms with E-state index in [9.17, 15) is 9.59 Å². The third-order valence-electron chi connectivity index (χ3n) is 3.79. The molecule has 160 valence electrons. The monoisotopic (exact) mass is 450 g/mol. The Balaban J connectivity index is 0.000000375. The van der Waals surface area contributed by atoms with Gasteiger partial charge in [-0.2, -0.15) is 0 Å². The molecule has 2 aromatic rings.